The summed E-state index contributed by atoms with van der Waals surface area (Å²) in [5.41, 5.74) is 3.07. The van der Waals surface area contributed by atoms with Crippen LogP contribution in [0, 0.1) is 5.92 Å². The van der Waals surface area contributed by atoms with Crippen molar-refractivity contribution in [2.75, 3.05) is 6.54 Å². The number of nitrogens with one attached hydrogen (secondary N) is 1. The zero-order valence-electron chi connectivity index (χ0n) is 12.9. The number of pyridine rings is 1. The topological polar surface area (TPSA) is 24.9 Å². The summed E-state index contributed by atoms with van der Waals surface area (Å²) < 4.78 is 0. The van der Waals surface area contributed by atoms with Crippen molar-refractivity contribution in [3.63, 3.8) is 0 Å². The lowest BCUT2D eigenvalue weighted by atomic mass is 9.81. The minimum atomic E-state index is 0.219. The highest BCUT2D eigenvalue weighted by molar-refractivity contribution is 5.25. The maximum atomic E-state index is 4.64. The minimum absolute atomic E-state index is 0.219. The Kier molecular flexibility index (Phi) is 4.62. The van der Waals surface area contributed by atoms with Crippen molar-refractivity contribution in [1.29, 1.82) is 0 Å². The van der Waals surface area contributed by atoms with Crippen LogP contribution in [0.4, 0.5) is 0 Å². The highest BCUT2D eigenvalue weighted by Crippen LogP contribution is 2.34. The van der Waals surface area contributed by atoms with Crippen molar-refractivity contribution in [2.24, 2.45) is 5.92 Å². The average molecular weight is 260 g/mol. The second-order valence-corrected chi connectivity index (χ2v) is 7.11. The van der Waals surface area contributed by atoms with Gasteiger partial charge in [0, 0.05) is 23.3 Å². The predicted octanol–water partition coefficient (Wildman–Crippen LogP) is 3.92. The first kappa shape index (κ1) is 14.5. The fourth-order valence-electron chi connectivity index (χ4n) is 2.98. The molecule has 0 spiro atoms. The van der Waals surface area contributed by atoms with Crippen molar-refractivity contribution < 1.29 is 0 Å². The molecule has 106 valence electrons. The lowest BCUT2D eigenvalue weighted by molar-refractivity contribution is 0.346. The molecule has 1 heterocycles. The molecule has 1 aromatic rings. The van der Waals surface area contributed by atoms with Crippen LogP contribution in [0.2, 0.25) is 0 Å². The van der Waals surface area contributed by atoms with Gasteiger partial charge >= 0.3 is 0 Å². The van der Waals surface area contributed by atoms with Gasteiger partial charge in [-0.15, -0.1) is 0 Å². The van der Waals surface area contributed by atoms with Crippen molar-refractivity contribution in [2.45, 2.75) is 64.8 Å². The molecule has 19 heavy (non-hydrogen) atoms. The first-order valence-corrected chi connectivity index (χ1v) is 7.64. The highest BCUT2D eigenvalue weighted by atomic mass is 14.9. The lowest BCUT2D eigenvalue weighted by Gasteiger charge is -2.28. The van der Waals surface area contributed by atoms with E-state index in [1.165, 1.54) is 36.9 Å². The summed E-state index contributed by atoms with van der Waals surface area (Å²) in [6.45, 7) is 10.2. The maximum absolute atomic E-state index is 4.64. The Hall–Kier alpha value is -0.890. The standard InChI is InChI=1S/C17H28N2/c1-13(12-19-17(2,3)4)11-15-8-5-7-14-9-6-10-18-16(14)15/h6,9-10,13,15,19H,5,7-8,11-12H2,1-4H3. The Bertz CT molecular complexity index is 406. The third-order valence-corrected chi connectivity index (χ3v) is 3.98. The summed E-state index contributed by atoms with van der Waals surface area (Å²) >= 11 is 0. The number of hydrogen-bond donors (Lipinski definition) is 1. The molecule has 1 N–H and O–H groups in total. The Labute approximate surface area is 118 Å². The van der Waals surface area contributed by atoms with Crippen LogP contribution in [0.1, 0.15) is 64.1 Å². The van der Waals surface area contributed by atoms with Gasteiger partial charge < -0.3 is 5.32 Å². The minimum Gasteiger partial charge on any atom is -0.312 e. The quantitative estimate of drug-likeness (QED) is 0.887. The number of fused-ring (bicyclic) bond motifs is 1. The van der Waals surface area contributed by atoms with Crippen molar-refractivity contribution in [1.82, 2.24) is 10.3 Å². The van der Waals surface area contributed by atoms with Gasteiger partial charge in [0.15, 0.2) is 0 Å². The van der Waals surface area contributed by atoms with E-state index in [2.05, 4.69) is 50.1 Å². The molecule has 0 amide bonds. The van der Waals surface area contributed by atoms with Gasteiger partial charge in [-0.2, -0.15) is 0 Å². The largest absolute Gasteiger partial charge is 0.312 e. The molecule has 2 nitrogen and oxygen atoms in total. The summed E-state index contributed by atoms with van der Waals surface area (Å²) in [7, 11) is 0. The van der Waals surface area contributed by atoms with E-state index in [4.69, 9.17) is 0 Å². The molecule has 2 rings (SSSR count). The van der Waals surface area contributed by atoms with Gasteiger partial charge in [0.05, 0.1) is 0 Å². The van der Waals surface area contributed by atoms with Crippen LogP contribution in [-0.2, 0) is 6.42 Å². The molecule has 1 aliphatic rings. The predicted molar refractivity (Wildman–Crippen MR) is 81.5 cm³/mol. The molecule has 0 aromatic carbocycles. The summed E-state index contributed by atoms with van der Waals surface area (Å²) in [6, 6.07) is 4.33. The zero-order chi connectivity index (χ0) is 13.9. The average Bonchev–Trinajstić information content (AvgIpc) is 2.36. The second-order valence-electron chi connectivity index (χ2n) is 7.11. The number of nitrogens with zero attached hydrogens (tertiary/aromatic N) is 1. The fourth-order valence-corrected chi connectivity index (χ4v) is 2.98. The molecule has 2 heteroatoms. The molecular formula is C17H28N2. The molecule has 0 aliphatic heterocycles. The Balaban J connectivity index is 1.93. The summed E-state index contributed by atoms with van der Waals surface area (Å²) in [5.74, 6) is 1.37. The third kappa shape index (κ3) is 4.31. The van der Waals surface area contributed by atoms with Gasteiger partial charge in [-0.25, -0.2) is 0 Å². The Morgan fingerprint density at radius 3 is 2.95 bits per heavy atom. The Morgan fingerprint density at radius 1 is 1.42 bits per heavy atom. The Morgan fingerprint density at radius 2 is 2.21 bits per heavy atom. The van der Waals surface area contributed by atoms with Gasteiger partial charge in [-0.3, -0.25) is 4.98 Å². The summed E-state index contributed by atoms with van der Waals surface area (Å²) in [4.78, 5) is 4.64. The molecule has 2 unspecified atom stereocenters. The molecule has 0 bridgehead atoms. The normalized spacial score (nSPS) is 20.9. The number of hydrogen-bond acceptors (Lipinski definition) is 2. The molecule has 1 aromatic heterocycles. The highest BCUT2D eigenvalue weighted by Gasteiger charge is 2.23. The smallest absolute Gasteiger partial charge is 0.0466 e. The van der Waals surface area contributed by atoms with Crippen molar-refractivity contribution >= 4 is 0 Å². The van der Waals surface area contributed by atoms with Crippen LogP contribution < -0.4 is 5.32 Å². The molecule has 1 aliphatic carbocycles. The first-order chi connectivity index (χ1) is 8.96. The first-order valence-electron chi connectivity index (χ1n) is 7.64. The van der Waals surface area contributed by atoms with Gasteiger partial charge in [0.25, 0.3) is 0 Å². The summed E-state index contributed by atoms with van der Waals surface area (Å²) in [5, 5.41) is 3.61. The van der Waals surface area contributed by atoms with E-state index in [0.29, 0.717) is 11.8 Å². The van der Waals surface area contributed by atoms with E-state index in [1.807, 2.05) is 6.20 Å². The summed E-state index contributed by atoms with van der Waals surface area (Å²) in [6.07, 6.45) is 7.06. The van der Waals surface area contributed by atoms with Crippen LogP contribution in [0.25, 0.3) is 0 Å². The molecule has 2 atom stereocenters. The molecule has 0 fully saturated rings. The molecular weight excluding hydrogens is 232 g/mol. The van der Waals surface area contributed by atoms with E-state index in [0.717, 1.165) is 6.54 Å². The molecule has 0 radical (unpaired) electrons. The molecule has 0 saturated carbocycles. The van der Waals surface area contributed by atoms with Crippen LogP contribution in [0.3, 0.4) is 0 Å². The number of aromatic nitrogens is 1. The van der Waals surface area contributed by atoms with E-state index in [9.17, 15) is 0 Å². The van der Waals surface area contributed by atoms with Gasteiger partial charge in [-0.1, -0.05) is 13.0 Å². The van der Waals surface area contributed by atoms with E-state index in [-0.39, 0.29) is 5.54 Å². The number of aryl methyl sites for hydroxylation is 1. The third-order valence-electron chi connectivity index (χ3n) is 3.98. The van der Waals surface area contributed by atoms with Gasteiger partial charge in [0.2, 0.25) is 0 Å². The van der Waals surface area contributed by atoms with Gasteiger partial charge in [0.1, 0.15) is 0 Å². The number of rotatable bonds is 4. The van der Waals surface area contributed by atoms with E-state index in [1.54, 1.807) is 0 Å². The van der Waals surface area contributed by atoms with Crippen LogP contribution in [-0.4, -0.2) is 17.1 Å². The second kappa shape index (κ2) is 6.04. The van der Waals surface area contributed by atoms with Crippen LogP contribution in [0.15, 0.2) is 18.3 Å². The maximum Gasteiger partial charge on any atom is 0.0466 e. The van der Waals surface area contributed by atoms with Gasteiger partial charge in [-0.05, 0) is 70.5 Å². The van der Waals surface area contributed by atoms with Crippen molar-refractivity contribution in [3.8, 4) is 0 Å². The van der Waals surface area contributed by atoms with Crippen molar-refractivity contribution in [3.05, 3.63) is 29.6 Å². The van der Waals surface area contributed by atoms with Crippen LogP contribution in [0.5, 0.6) is 0 Å². The molecule has 0 saturated heterocycles. The van der Waals surface area contributed by atoms with E-state index >= 15 is 0 Å². The van der Waals surface area contributed by atoms with Crippen LogP contribution >= 0.6 is 0 Å². The lowest BCUT2D eigenvalue weighted by Crippen LogP contribution is -2.39. The SMILES string of the molecule is CC(CNC(C)(C)C)CC1CCCc2cccnc21. The fraction of sp³-hybridized carbons (Fsp3) is 0.706. The zero-order valence-corrected chi connectivity index (χ0v) is 12.9. The monoisotopic (exact) mass is 260 g/mol. The van der Waals surface area contributed by atoms with E-state index < -0.39 is 0 Å².